The van der Waals surface area contributed by atoms with E-state index in [1.165, 1.54) is 55.7 Å². The average molecular weight is 441 g/mol. The molecule has 0 aliphatic carbocycles. The maximum atomic E-state index is 5.83. The van der Waals surface area contributed by atoms with Crippen LogP contribution < -0.4 is 8.58 Å². The zero-order valence-corrected chi connectivity index (χ0v) is 18.6. The van der Waals surface area contributed by atoms with E-state index >= 15 is 0 Å². The first-order valence-electron chi connectivity index (χ1n) is 9.81. The SMILES string of the molecule is CCC[CH2][Sn]([CH2]CCC)([CH2]CCC)[c]1ncc(OC2COC2)cn1. The summed E-state index contributed by atoms with van der Waals surface area (Å²) < 4.78 is 16.4. The van der Waals surface area contributed by atoms with Crippen LogP contribution in [0.4, 0.5) is 0 Å². The van der Waals surface area contributed by atoms with Crippen molar-refractivity contribution in [1.82, 2.24) is 9.97 Å². The van der Waals surface area contributed by atoms with Crippen molar-refractivity contribution in [3.63, 3.8) is 0 Å². The molecule has 0 amide bonds. The molecule has 2 rings (SSSR count). The second-order valence-corrected chi connectivity index (χ2v) is 20.0. The van der Waals surface area contributed by atoms with E-state index in [2.05, 4.69) is 20.8 Å². The molecule has 0 aromatic carbocycles. The first kappa shape index (κ1) is 20.0. The molecule has 1 aromatic heterocycles. The van der Waals surface area contributed by atoms with Crippen molar-refractivity contribution in [2.75, 3.05) is 13.2 Å². The molecule has 4 nitrogen and oxygen atoms in total. The minimum atomic E-state index is -2.48. The molecule has 1 aromatic rings. The molecule has 1 aliphatic heterocycles. The maximum absolute atomic E-state index is 5.83. The van der Waals surface area contributed by atoms with Gasteiger partial charge in [0.2, 0.25) is 0 Å². The van der Waals surface area contributed by atoms with E-state index in [4.69, 9.17) is 19.4 Å². The number of nitrogens with zero attached hydrogens (tertiary/aromatic N) is 2. The summed E-state index contributed by atoms with van der Waals surface area (Å²) in [5, 5.41) is 0. The van der Waals surface area contributed by atoms with E-state index in [0.717, 1.165) is 5.75 Å². The first-order valence-corrected chi connectivity index (χ1v) is 17.3. The normalized spacial score (nSPS) is 15.3. The van der Waals surface area contributed by atoms with Gasteiger partial charge in [-0.15, -0.1) is 0 Å². The van der Waals surface area contributed by atoms with Crippen LogP contribution in [-0.4, -0.2) is 47.7 Å². The molecule has 0 spiro atoms. The first-order chi connectivity index (χ1) is 11.7. The third kappa shape index (κ3) is 5.58. The van der Waals surface area contributed by atoms with Crippen LogP contribution in [0.5, 0.6) is 5.75 Å². The predicted molar refractivity (Wildman–Crippen MR) is 102 cm³/mol. The number of hydrogen-bond acceptors (Lipinski definition) is 4. The van der Waals surface area contributed by atoms with Crippen molar-refractivity contribution < 1.29 is 9.47 Å². The van der Waals surface area contributed by atoms with E-state index < -0.39 is 18.4 Å². The number of aromatic nitrogens is 2. The van der Waals surface area contributed by atoms with Gasteiger partial charge >= 0.3 is 152 Å². The van der Waals surface area contributed by atoms with Gasteiger partial charge in [0.15, 0.2) is 0 Å². The summed E-state index contributed by atoms with van der Waals surface area (Å²) in [4.78, 5) is 9.68. The second kappa shape index (κ2) is 10.6. The van der Waals surface area contributed by atoms with E-state index in [1.807, 2.05) is 12.4 Å². The van der Waals surface area contributed by atoms with Gasteiger partial charge in [0.25, 0.3) is 0 Å². The molecule has 0 atom stereocenters. The van der Waals surface area contributed by atoms with E-state index in [9.17, 15) is 0 Å². The van der Waals surface area contributed by atoms with Gasteiger partial charge in [0, 0.05) is 0 Å². The molecule has 0 unspecified atom stereocenters. The van der Waals surface area contributed by atoms with Crippen LogP contribution in [-0.2, 0) is 4.74 Å². The molecule has 0 saturated carbocycles. The number of unbranched alkanes of at least 4 members (excludes halogenated alkanes) is 3. The van der Waals surface area contributed by atoms with Crippen LogP contribution in [0.3, 0.4) is 0 Å². The quantitative estimate of drug-likeness (QED) is 0.454. The molecule has 0 radical (unpaired) electrons. The van der Waals surface area contributed by atoms with Crippen LogP contribution in [0.1, 0.15) is 59.3 Å². The van der Waals surface area contributed by atoms with E-state index in [1.54, 1.807) is 0 Å². The van der Waals surface area contributed by atoms with Crippen LogP contribution in [0.2, 0.25) is 13.3 Å². The Hall–Kier alpha value is -0.361. The molecule has 1 aliphatic rings. The van der Waals surface area contributed by atoms with Crippen molar-refractivity contribution in [1.29, 1.82) is 0 Å². The van der Waals surface area contributed by atoms with Gasteiger partial charge < -0.3 is 0 Å². The van der Waals surface area contributed by atoms with Crippen LogP contribution in [0.15, 0.2) is 12.4 Å². The number of hydrogen-bond donors (Lipinski definition) is 0. The van der Waals surface area contributed by atoms with Gasteiger partial charge in [-0.1, -0.05) is 0 Å². The summed E-state index contributed by atoms with van der Waals surface area (Å²) in [5.74, 6) is 0.800. The van der Waals surface area contributed by atoms with Gasteiger partial charge in [-0.25, -0.2) is 0 Å². The summed E-state index contributed by atoms with van der Waals surface area (Å²) in [6.07, 6.45) is 11.9. The standard InChI is InChI=1S/C7H7N2O2.3C4H9.Sn/c1-6(2-9-5-8-1)11-7-3-10-4-7;3*1-3-4-2;/h1-2,7H,3-4H2;3*1,3-4H2,2H3;. The van der Waals surface area contributed by atoms with Gasteiger partial charge in [0.1, 0.15) is 0 Å². The molecule has 0 bridgehead atoms. The van der Waals surface area contributed by atoms with Crippen LogP contribution in [0.25, 0.3) is 0 Å². The molecule has 136 valence electrons. The monoisotopic (exact) mass is 442 g/mol. The Morgan fingerprint density at radius 2 is 1.46 bits per heavy atom. The van der Waals surface area contributed by atoms with Crippen molar-refractivity contribution in [2.45, 2.75) is 78.7 Å². The minimum absolute atomic E-state index is 0.188. The molecule has 1 fully saturated rings. The fourth-order valence-electron chi connectivity index (χ4n) is 3.38. The van der Waals surface area contributed by atoms with Gasteiger partial charge in [-0.3, -0.25) is 0 Å². The van der Waals surface area contributed by atoms with Crippen LogP contribution in [0, 0.1) is 0 Å². The Morgan fingerprint density at radius 3 is 1.83 bits per heavy atom. The summed E-state index contributed by atoms with van der Waals surface area (Å²) >= 11 is -2.48. The molecule has 0 N–H and O–H groups in total. The Bertz CT molecular complexity index is 441. The summed E-state index contributed by atoms with van der Waals surface area (Å²) in [5.41, 5.74) is 0. The summed E-state index contributed by atoms with van der Waals surface area (Å²) in [6.45, 7) is 8.28. The molecule has 24 heavy (non-hydrogen) atoms. The van der Waals surface area contributed by atoms with E-state index in [-0.39, 0.29) is 6.10 Å². The fourth-order valence-corrected chi connectivity index (χ4v) is 18.2. The Labute approximate surface area is 151 Å². The second-order valence-electron chi connectivity index (χ2n) is 7.11. The average Bonchev–Trinajstić information content (AvgIpc) is 2.58. The third-order valence-corrected chi connectivity index (χ3v) is 19.7. The van der Waals surface area contributed by atoms with Crippen molar-refractivity contribution in [2.24, 2.45) is 0 Å². The van der Waals surface area contributed by atoms with Crippen molar-refractivity contribution in [3.05, 3.63) is 12.4 Å². The molecular formula is C19H34N2O2Sn. The zero-order valence-electron chi connectivity index (χ0n) is 15.7. The number of ether oxygens (including phenoxy) is 2. The Morgan fingerprint density at radius 1 is 0.958 bits per heavy atom. The fraction of sp³-hybridized carbons (Fsp3) is 0.789. The summed E-state index contributed by atoms with van der Waals surface area (Å²) in [7, 11) is 0. The van der Waals surface area contributed by atoms with Crippen LogP contribution >= 0.6 is 0 Å². The zero-order chi connectivity index (χ0) is 17.3. The Balaban J connectivity index is 2.14. The predicted octanol–water partition coefficient (Wildman–Crippen LogP) is 4.31. The molecule has 5 heteroatoms. The third-order valence-electron chi connectivity index (χ3n) is 5.04. The topological polar surface area (TPSA) is 44.2 Å². The number of rotatable bonds is 12. The molecule has 1 saturated heterocycles. The van der Waals surface area contributed by atoms with Crippen molar-refractivity contribution in [3.8, 4) is 5.75 Å². The molecular weight excluding hydrogens is 407 g/mol. The van der Waals surface area contributed by atoms with E-state index in [0.29, 0.717) is 13.2 Å². The van der Waals surface area contributed by atoms with Gasteiger partial charge in [-0.2, -0.15) is 0 Å². The summed E-state index contributed by atoms with van der Waals surface area (Å²) in [6, 6.07) is 0. The molecule has 2 heterocycles. The van der Waals surface area contributed by atoms with Crippen molar-refractivity contribution >= 4 is 22.2 Å². The van der Waals surface area contributed by atoms with Gasteiger partial charge in [-0.05, 0) is 0 Å². The van der Waals surface area contributed by atoms with Gasteiger partial charge in [0.05, 0.1) is 0 Å². The Kier molecular flexibility index (Phi) is 8.81.